The van der Waals surface area contributed by atoms with Crippen LogP contribution in [0.25, 0.3) is 0 Å². The molecule has 0 radical (unpaired) electrons. The van der Waals surface area contributed by atoms with Gasteiger partial charge < -0.3 is 10.1 Å². The van der Waals surface area contributed by atoms with Gasteiger partial charge in [-0.25, -0.2) is 4.68 Å². The third-order valence-corrected chi connectivity index (χ3v) is 3.68. The summed E-state index contributed by atoms with van der Waals surface area (Å²) in [4.78, 5) is 12.4. The lowest BCUT2D eigenvalue weighted by molar-refractivity contribution is 0.102. The number of nitrogens with zero attached hydrogens (tertiary/aromatic N) is 4. The molecule has 128 valence electrons. The maximum Gasteiger partial charge on any atom is 0.255 e. The van der Waals surface area contributed by atoms with Crippen molar-refractivity contribution in [2.45, 2.75) is 27.0 Å². The molecule has 7 nitrogen and oxygen atoms in total. The van der Waals surface area contributed by atoms with Crippen molar-refractivity contribution in [2.24, 2.45) is 0 Å². The van der Waals surface area contributed by atoms with E-state index in [1.165, 1.54) is 0 Å². The van der Waals surface area contributed by atoms with Gasteiger partial charge in [-0.1, -0.05) is 23.8 Å². The summed E-state index contributed by atoms with van der Waals surface area (Å²) in [6.45, 7) is 4.87. The van der Waals surface area contributed by atoms with Gasteiger partial charge in [-0.15, -0.1) is 5.10 Å². The third-order valence-electron chi connectivity index (χ3n) is 3.68. The second-order valence-electron chi connectivity index (χ2n) is 5.55. The molecule has 0 fully saturated rings. The standard InChI is InChI=1S/C18H19N5O2/c1-3-23-17(20-21-22-23)12-25-16-6-4-5-14(11-16)18(24)19-15-9-7-13(2)8-10-15/h4-11H,3,12H2,1-2H3,(H,19,24). The molecule has 0 aliphatic heterocycles. The molecule has 0 aliphatic rings. The lowest BCUT2D eigenvalue weighted by Gasteiger charge is -2.09. The fourth-order valence-corrected chi connectivity index (χ4v) is 2.29. The summed E-state index contributed by atoms with van der Waals surface area (Å²) in [5, 5.41) is 14.3. The SMILES string of the molecule is CCn1nnnc1COc1cccc(C(=O)Nc2ccc(C)cc2)c1. The molecule has 3 rings (SSSR count). The zero-order chi connectivity index (χ0) is 17.6. The summed E-state index contributed by atoms with van der Waals surface area (Å²) in [6.07, 6.45) is 0. The molecule has 0 atom stereocenters. The largest absolute Gasteiger partial charge is 0.486 e. The van der Waals surface area contributed by atoms with Gasteiger partial charge in [0.15, 0.2) is 5.82 Å². The van der Waals surface area contributed by atoms with Gasteiger partial charge in [0.2, 0.25) is 0 Å². The Kier molecular flexibility index (Phi) is 5.03. The predicted octanol–water partition coefficient (Wildman–Crippen LogP) is 2.83. The van der Waals surface area contributed by atoms with Gasteiger partial charge in [0.05, 0.1) is 0 Å². The molecule has 0 aliphatic carbocycles. The number of aromatic nitrogens is 4. The molecule has 0 saturated heterocycles. The first-order chi connectivity index (χ1) is 12.2. The van der Waals surface area contributed by atoms with Gasteiger partial charge in [-0.05, 0) is 54.6 Å². The van der Waals surface area contributed by atoms with Crippen molar-refractivity contribution < 1.29 is 9.53 Å². The number of benzene rings is 2. The Balaban J connectivity index is 1.66. The molecule has 3 aromatic rings. The number of carbonyl (C=O) groups is 1. The van der Waals surface area contributed by atoms with Crippen molar-refractivity contribution >= 4 is 11.6 Å². The number of carbonyl (C=O) groups excluding carboxylic acids is 1. The smallest absolute Gasteiger partial charge is 0.255 e. The summed E-state index contributed by atoms with van der Waals surface area (Å²) >= 11 is 0. The Labute approximate surface area is 145 Å². The molecule has 2 aromatic carbocycles. The molecule has 0 bridgehead atoms. The zero-order valence-electron chi connectivity index (χ0n) is 14.1. The van der Waals surface area contributed by atoms with Crippen LogP contribution in [-0.2, 0) is 13.2 Å². The van der Waals surface area contributed by atoms with Crippen LogP contribution in [0, 0.1) is 6.92 Å². The number of aryl methyl sites for hydroxylation is 2. The van der Waals surface area contributed by atoms with Gasteiger partial charge in [0, 0.05) is 17.8 Å². The highest BCUT2D eigenvalue weighted by Gasteiger charge is 2.09. The number of anilines is 1. The topological polar surface area (TPSA) is 81.9 Å². The highest BCUT2D eigenvalue weighted by molar-refractivity contribution is 6.04. The number of nitrogens with one attached hydrogen (secondary N) is 1. The number of tetrazole rings is 1. The first-order valence-electron chi connectivity index (χ1n) is 8.01. The van der Waals surface area contributed by atoms with Crippen molar-refractivity contribution in [1.29, 1.82) is 0 Å². The van der Waals surface area contributed by atoms with E-state index in [2.05, 4.69) is 20.8 Å². The van der Waals surface area contributed by atoms with Crippen molar-refractivity contribution in [1.82, 2.24) is 20.2 Å². The summed E-state index contributed by atoms with van der Waals surface area (Å²) < 4.78 is 7.37. The molecule has 7 heteroatoms. The van der Waals surface area contributed by atoms with Crippen molar-refractivity contribution in [3.8, 4) is 5.75 Å². The predicted molar refractivity (Wildman–Crippen MR) is 93.4 cm³/mol. The van der Waals surface area contributed by atoms with Crippen LogP contribution in [0.5, 0.6) is 5.75 Å². The van der Waals surface area contributed by atoms with E-state index in [1.54, 1.807) is 28.9 Å². The minimum Gasteiger partial charge on any atom is -0.486 e. The van der Waals surface area contributed by atoms with Gasteiger partial charge in [0.1, 0.15) is 12.4 Å². The quantitative estimate of drug-likeness (QED) is 0.748. The molecule has 1 heterocycles. The average Bonchev–Trinajstić information content (AvgIpc) is 3.10. The maximum atomic E-state index is 12.4. The highest BCUT2D eigenvalue weighted by Crippen LogP contribution is 2.17. The van der Waals surface area contributed by atoms with Gasteiger partial charge in [0.25, 0.3) is 5.91 Å². The summed E-state index contributed by atoms with van der Waals surface area (Å²) in [5.74, 6) is 1.03. The van der Waals surface area contributed by atoms with E-state index in [1.807, 2.05) is 38.1 Å². The van der Waals surface area contributed by atoms with Crippen LogP contribution < -0.4 is 10.1 Å². The molecule has 25 heavy (non-hydrogen) atoms. The van der Waals surface area contributed by atoms with E-state index >= 15 is 0 Å². The summed E-state index contributed by atoms with van der Waals surface area (Å²) in [6, 6.07) is 14.7. The fraction of sp³-hybridized carbons (Fsp3) is 0.222. The monoisotopic (exact) mass is 337 g/mol. The van der Waals surface area contributed by atoms with Gasteiger partial charge >= 0.3 is 0 Å². The van der Waals surface area contributed by atoms with E-state index < -0.39 is 0 Å². The molecule has 0 spiro atoms. The summed E-state index contributed by atoms with van der Waals surface area (Å²) in [5.41, 5.74) is 2.42. The number of rotatable bonds is 6. The van der Waals surface area contributed by atoms with E-state index in [0.29, 0.717) is 23.7 Å². The van der Waals surface area contributed by atoms with Crippen molar-refractivity contribution in [3.63, 3.8) is 0 Å². The Hall–Kier alpha value is -3.22. The van der Waals surface area contributed by atoms with E-state index in [4.69, 9.17) is 4.74 Å². The number of hydrogen-bond donors (Lipinski definition) is 1. The second-order valence-corrected chi connectivity index (χ2v) is 5.55. The molecular weight excluding hydrogens is 318 g/mol. The lowest BCUT2D eigenvalue weighted by Crippen LogP contribution is -2.12. The minimum absolute atomic E-state index is 0.187. The maximum absolute atomic E-state index is 12.4. The Morgan fingerprint density at radius 3 is 2.76 bits per heavy atom. The first kappa shape index (κ1) is 16.6. The Morgan fingerprint density at radius 2 is 2.00 bits per heavy atom. The second kappa shape index (κ2) is 7.57. The Bertz CT molecular complexity index is 858. The number of ether oxygens (including phenoxy) is 1. The number of amides is 1. The summed E-state index contributed by atoms with van der Waals surface area (Å²) in [7, 11) is 0. The van der Waals surface area contributed by atoms with Crippen LogP contribution in [-0.4, -0.2) is 26.1 Å². The van der Waals surface area contributed by atoms with Crippen LogP contribution in [0.15, 0.2) is 48.5 Å². The molecule has 1 N–H and O–H groups in total. The minimum atomic E-state index is -0.187. The molecule has 0 saturated carbocycles. The molecule has 1 aromatic heterocycles. The third kappa shape index (κ3) is 4.20. The van der Waals surface area contributed by atoms with Crippen molar-refractivity contribution in [2.75, 3.05) is 5.32 Å². The Morgan fingerprint density at radius 1 is 1.20 bits per heavy atom. The van der Waals surface area contributed by atoms with Gasteiger partial charge in [-0.3, -0.25) is 4.79 Å². The van der Waals surface area contributed by atoms with E-state index in [9.17, 15) is 4.79 Å². The van der Waals surface area contributed by atoms with Crippen LogP contribution in [0.2, 0.25) is 0 Å². The fourth-order valence-electron chi connectivity index (χ4n) is 2.29. The van der Waals surface area contributed by atoms with Crippen LogP contribution in [0.3, 0.4) is 0 Å². The molecule has 1 amide bonds. The van der Waals surface area contributed by atoms with Crippen LogP contribution in [0.1, 0.15) is 28.7 Å². The zero-order valence-corrected chi connectivity index (χ0v) is 14.1. The van der Waals surface area contributed by atoms with Crippen LogP contribution in [0.4, 0.5) is 5.69 Å². The first-order valence-corrected chi connectivity index (χ1v) is 8.01. The molecule has 0 unspecified atom stereocenters. The van der Waals surface area contributed by atoms with Crippen LogP contribution >= 0.6 is 0 Å². The molecular formula is C18H19N5O2. The van der Waals surface area contributed by atoms with E-state index in [0.717, 1.165) is 11.3 Å². The average molecular weight is 337 g/mol. The number of hydrogen-bond acceptors (Lipinski definition) is 5. The van der Waals surface area contributed by atoms with E-state index in [-0.39, 0.29) is 12.5 Å². The van der Waals surface area contributed by atoms with Crippen molar-refractivity contribution in [3.05, 3.63) is 65.5 Å². The van der Waals surface area contributed by atoms with Gasteiger partial charge in [-0.2, -0.15) is 0 Å². The highest BCUT2D eigenvalue weighted by atomic mass is 16.5. The lowest BCUT2D eigenvalue weighted by atomic mass is 10.2. The normalized spacial score (nSPS) is 10.5.